The summed E-state index contributed by atoms with van der Waals surface area (Å²) in [6, 6.07) is 0. The Morgan fingerprint density at radius 3 is 1.72 bits per heavy atom. The van der Waals surface area contributed by atoms with E-state index in [2.05, 4.69) is 0 Å². The van der Waals surface area contributed by atoms with Crippen molar-refractivity contribution in [1.29, 1.82) is 0 Å². The molecule has 0 aromatic heterocycles. The fraction of sp³-hybridized carbons (Fsp3) is 1.00. The molecule has 6 nitrogen and oxygen atoms in total. The molecule has 6 heteroatoms. The lowest BCUT2D eigenvalue weighted by molar-refractivity contribution is -0.166. The third kappa shape index (κ3) is 4.46. The highest BCUT2D eigenvalue weighted by Gasteiger charge is 2.25. The van der Waals surface area contributed by atoms with Crippen LogP contribution in [0.2, 0.25) is 0 Å². The summed E-state index contributed by atoms with van der Waals surface area (Å²) in [6.07, 6.45) is -0.570. The first-order chi connectivity index (χ1) is 8.63. The van der Waals surface area contributed by atoms with E-state index < -0.39 is 0 Å². The normalized spacial score (nSPS) is 38.2. The maximum Gasteiger partial charge on any atom is 0.155 e. The van der Waals surface area contributed by atoms with Gasteiger partial charge in [-0.2, -0.15) is 0 Å². The fourth-order valence-corrected chi connectivity index (χ4v) is 1.89. The molecular weight excluding hydrogens is 240 g/mol. The van der Waals surface area contributed by atoms with Gasteiger partial charge in [-0.25, -0.2) is 0 Å². The van der Waals surface area contributed by atoms with E-state index in [4.69, 9.17) is 28.4 Å². The highest BCUT2D eigenvalue weighted by molar-refractivity contribution is 4.63. The van der Waals surface area contributed by atoms with Gasteiger partial charge in [0.05, 0.1) is 26.4 Å². The average molecular weight is 262 g/mol. The Labute approximate surface area is 107 Å². The summed E-state index contributed by atoms with van der Waals surface area (Å²) in [7, 11) is 0. The second kappa shape index (κ2) is 6.79. The van der Waals surface area contributed by atoms with Crippen molar-refractivity contribution in [2.24, 2.45) is 0 Å². The quantitative estimate of drug-likeness (QED) is 0.663. The molecular formula is C12H22O6. The topological polar surface area (TPSA) is 55.4 Å². The summed E-state index contributed by atoms with van der Waals surface area (Å²) in [6.45, 7) is 7.71. The number of hydrogen-bond acceptors (Lipinski definition) is 6. The van der Waals surface area contributed by atoms with Crippen molar-refractivity contribution in [2.45, 2.75) is 51.8 Å². The smallest absolute Gasteiger partial charge is 0.155 e. The highest BCUT2D eigenvalue weighted by Crippen LogP contribution is 2.13. The van der Waals surface area contributed by atoms with Gasteiger partial charge in [-0.3, -0.25) is 0 Å². The van der Waals surface area contributed by atoms with Gasteiger partial charge in [0.1, 0.15) is 12.2 Å². The minimum Gasteiger partial charge on any atom is -0.350 e. The Balaban J connectivity index is 1.53. The van der Waals surface area contributed by atoms with Gasteiger partial charge in [-0.05, 0) is 20.8 Å². The van der Waals surface area contributed by atoms with E-state index >= 15 is 0 Å². The third-order valence-electron chi connectivity index (χ3n) is 2.84. The van der Waals surface area contributed by atoms with E-state index in [1.807, 2.05) is 20.8 Å². The van der Waals surface area contributed by atoms with Gasteiger partial charge in [0.15, 0.2) is 18.9 Å². The first kappa shape index (κ1) is 14.2. The van der Waals surface area contributed by atoms with Crippen LogP contribution in [0.15, 0.2) is 0 Å². The standard InChI is InChI=1S/C12H22O6/c1-8(13-4-11-6-15-9(2)17-11)14-5-12-7-16-10(3)18-12/h8-12H,4-7H2,1-3H3. The van der Waals surface area contributed by atoms with Crippen LogP contribution in [0.25, 0.3) is 0 Å². The predicted molar refractivity (Wildman–Crippen MR) is 61.9 cm³/mol. The van der Waals surface area contributed by atoms with Crippen LogP contribution in [0.1, 0.15) is 20.8 Å². The first-order valence-corrected chi connectivity index (χ1v) is 6.41. The van der Waals surface area contributed by atoms with Crippen LogP contribution in [-0.4, -0.2) is 57.5 Å². The highest BCUT2D eigenvalue weighted by atomic mass is 16.8. The van der Waals surface area contributed by atoms with Crippen LogP contribution >= 0.6 is 0 Å². The van der Waals surface area contributed by atoms with E-state index in [0.717, 1.165) is 0 Å². The number of hydrogen-bond donors (Lipinski definition) is 0. The molecule has 18 heavy (non-hydrogen) atoms. The van der Waals surface area contributed by atoms with Crippen LogP contribution in [0, 0.1) is 0 Å². The van der Waals surface area contributed by atoms with Crippen molar-refractivity contribution in [3.63, 3.8) is 0 Å². The molecule has 0 radical (unpaired) electrons. The molecule has 2 aliphatic rings. The summed E-state index contributed by atoms with van der Waals surface area (Å²) in [5, 5.41) is 0. The second-order valence-electron chi connectivity index (χ2n) is 4.55. The molecule has 0 amide bonds. The van der Waals surface area contributed by atoms with Crippen LogP contribution in [-0.2, 0) is 28.4 Å². The van der Waals surface area contributed by atoms with Crippen molar-refractivity contribution in [2.75, 3.05) is 26.4 Å². The maximum absolute atomic E-state index is 5.54. The van der Waals surface area contributed by atoms with Crippen LogP contribution in [0.4, 0.5) is 0 Å². The molecule has 0 N–H and O–H groups in total. The van der Waals surface area contributed by atoms with Crippen molar-refractivity contribution in [3.05, 3.63) is 0 Å². The summed E-state index contributed by atoms with van der Waals surface area (Å²) >= 11 is 0. The molecule has 2 saturated heterocycles. The van der Waals surface area contributed by atoms with E-state index in [1.54, 1.807) is 0 Å². The van der Waals surface area contributed by atoms with Gasteiger partial charge in [0.25, 0.3) is 0 Å². The first-order valence-electron chi connectivity index (χ1n) is 6.41. The van der Waals surface area contributed by atoms with Gasteiger partial charge in [0.2, 0.25) is 0 Å². The van der Waals surface area contributed by atoms with Crippen LogP contribution in [0.5, 0.6) is 0 Å². The van der Waals surface area contributed by atoms with E-state index in [9.17, 15) is 0 Å². The van der Waals surface area contributed by atoms with Crippen molar-refractivity contribution < 1.29 is 28.4 Å². The molecule has 0 bridgehead atoms. The minimum absolute atomic E-state index is 0.00265. The van der Waals surface area contributed by atoms with E-state index in [1.165, 1.54) is 0 Å². The van der Waals surface area contributed by atoms with E-state index in [0.29, 0.717) is 26.4 Å². The Morgan fingerprint density at radius 1 is 0.944 bits per heavy atom. The summed E-state index contributed by atoms with van der Waals surface area (Å²) in [5.41, 5.74) is 0. The molecule has 0 aromatic carbocycles. The largest absolute Gasteiger partial charge is 0.350 e. The second-order valence-corrected chi connectivity index (χ2v) is 4.55. The molecule has 2 rings (SSSR count). The van der Waals surface area contributed by atoms with Gasteiger partial charge in [-0.15, -0.1) is 0 Å². The molecule has 0 saturated carbocycles. The maximum atomic E-state index is 5.54. The Kier molecular flexibility index (Phi) is 5.35. The van der Waals surface area contributed by atoms with Gasteiger partial charge < -0.3 is 28.4 Å². The molecule has 0 spiro atoms. The average Bonchev–Trinajstić information content (AvgIpc) is 2.93. The number of rotatable bonds is 6. The lowest BCUT2D eigenvalue weighted by atomic mass is 10.4. The molecule has 4 atom stereocenters. The Bertz CT molecular complexity index is 225. The minimum atomic E-state index is -0.288. The molecule has 2 aliphatic heterocycles. The zero-order valence-electron chi connectivity index (χ0n) is 11.2. The van der Waals surface area contributed by atoms with Crippen LogP contribution < -0.4 is 0 Å². The SMILES string of the molecule is CC(OCC1COC(C)O1)OCC1COC(C)O1. The monoisotopic (exact) mass is 262 g/mol. The van der Waals surface area contributed by atoms with Crippen LogP contribution in [0.3, 0.4) is 0 Å². The van der Waals surface area contributed by atoms with Crippen molar-refractivity contribution in [3.8, 4) is 0 Å². The lowest BCUT2D eigenvalue weighted by Gasteiger charge is -2.18. The molecule has 0 aromatic rings. The Hall–Kier alpha value is -0.240. The predicted octanol–water partition coefficient (Wildman–Crippen LogP) is 0.888. The molecule has 4 unspecified atom stereocenters. The zero-order valence-corrected chi connectivity index (χ0v) is 11.2. The molecule has 2 heterocycles. The summed E-state index contributed by atoms with van der Waals surface area (Å²) in [4.78, 5) is 0. The molecule has 2 fully saturated rings. The molecule has 106 valence electrons. The van der Waals surface area contributed by atoms with Crippen molar-refractivity contribution >= 4 is 0 Å². The van der Waals surface area contributed by atoms with Crippen molar-refractivity contribution in [1.82, 2.24) is 0 Å². The molecule has 0 aliphatic carbocycles. The van der Waals surface area contributed by atoms with Gasteiger partial charge >= 0.3 is 0 Å². The van der Waals surface area contributed by atoms with Gasteiger partial charge in [-0.1, -0.05) is 0 Å². The third-order valence-corrected chi connectivity index (χ3v) is 2.84. The number of ether oxygens (including phenoxy) is 6. The fourth-order valence-electron chi connectivity index (χ4n) is 1.89. The van der Waals surface area contributed by atoms with E-state index in [-0.39, 0.29) is 31.1 Å². The Morgan fingerprint density at radius 2 is 1.39 bits per heavy atom. The lowest BCUT2D eigenvalue weighted by Crippen LogP contribution is -2.27. The summed E-state index contributed by atoms with van der Waals surface area (Å²) in [5.74, 6) is 0. The zero-order chi connectivity index (χ0) is 13.0. The van der Waals surface area contributed by atoms with Gasteiger partial charge in [0, 0.05) is 0 Å². The summed E-state index contributed by atoms with van der Waals surface area (Å²) < 4.78 is 32.5.